The van der Waals surface area contributed by atoms with E-state index in [-0.39, 0.29) is 11.6 Å². The Balaban J connectivity index is 4.57. The number of rotatable bonds is 6. The van der Waals surface area contributed by atoms with Crippen LogP contribution in [-0.4, -0.2) is 11.6 Å². The van der Waals surface area contributed by atoms with Crippen molar-refractivity contribution in [3.8, 4) is 0 Å². The molecule has 0 radical (unpaired) electrons. The fraction of sp³-hybridized carbons (Fsp3) is 0.667. The van der Waals surface area contributed by atoms with Gasteiger partial charge in [0.1, 0.15) is 5.78 Å². The molecule has 0 N–H and O–H groups in total. The number of ketones is 2. The van der Waals surface area contributed by atoms with E-state index in [0.29, 0.717) is 30.8 Å². The molecule has 2 nitrogen and oxygen atoms in total. The first-order valence-electron chi connectivity index (χ1n) is 5.26. The third-order valence-corrected chi connectivity index (χ3v) is 2.00. The van der Waals surface area contributed by atoms with Crippen molar-refractivity contribution in [3.05, 3.63) is 11.6 Å². The van der Waals surface area contributed by atoms with Gasteiger partial charge in [-0.3, -0.25) is 9.59 Å². The predicted octanol–water partition coefficient (Wildman–Crippen LogP) is 2.92. The maximum absolute atomic E-state index is 11.5. The second-order valence-corrected chi connectivity index (χ2v) is 3.78. The summed E-state index contributed by atoms with van der Waals surface area (Å²) in [6, 6.07) is 0. The van der Waals surface area contributed by atoms with Crippen LogP contribution in [0.5, 0.6) is 0 Å². The Labute approximate surface area is 86.4 Å². The van der Waals surface area contributed by atoms with Gasteiger partial charge in [-0.2, -0.15) is 0 Å². The van der Waals surface area contributed by atoms with Crippen LogP contribution < -0.4 is 0 Å². The van der Waals surface area contributed by atoms with Crippen LogP contribution >= 0.6 is 0 Å². The molecule has 0 aliphatic carbocycles. The van der Waals surface area contributed by atoms with Gasteiger partial charge in [-0.15, -0.1) is 0 Å². The van der Waals surface area contributed by atoms with Gasteiger partial charge in [-0.05, 0) is 11.5 Å². The molecule has 0 aromatic rings. The Morgan fingerprint density at radius 2 is 1.71 bits per heavy atom. The largest absolute Gasteiger partial charge is 0.299 e. The van der Waals surface area contributed by atoms with Crippen LogP contribution in [0, 0.1) is 5.92 Å². The van der Waals surface area contributed by atoms with Gasteiger partial charge in [0.25, 0.3) is 0 Å². The van der Waals surface area contributed by atoms with Crippen molar-refractivity contribution in [1.82, 2.24) is 0 Å². The summed E-state index contributed by atoms with van der Waals surface area (Å²) in [7, 11) is 0. The van der Waals surface area contributed by atoms with Crippen LogP contribution in [0.4, 0.5) is 0 Å². The topological polar surface area (TPSA) is 34.1 Å². The molecule has 0 spiro atoms. The van der Waals surface area contributed by atoms with Gasteiger partial charge < -0.3 is 0 Å². The van der Waals surface area contributed by atoms with Crippen LogP contribution in [0.3, 0.4) is 0 Å². The molecular weight excluding hydrogens is 176 g/mol. The second-order valence-electron chi connectivity index (χ2n) is 3.78. The quantitative estimate of drug-likeness (QED) is 0.612. The van der Waals surface area contributed by atoms with E-state index >= 15 is 0 Å². The normalized spacial score (nSPS) is 11.9. The molecule has 0 saturated carbocycles. The van der Waals surface area contributed by atoms with Crippen molar-refractivity contribution in [2.75, 3.05) is 0 Å². The maximum atomic E-state index is 11.5. The van der Waals surface area contributed by atoms with E-state index in [9.17, 15) is 9.59 Å². The van der Waals surface area contributed by atoms with Crippen molar-refractivity contribution < 1.29 is 9.59 Å². The van der Waals surface area contributed by atoms with Gasteiger partial charge in [-0.1, -0.05) is 33.8 Å². The van der Waals surface area contributed by atoms with E-state index in [0.717, 1.165) is 0 Å². The Morgan fingerprint density at radius 1 is 1.14 bits per heavy atom. The Bertz CT molecular complexity index is 237. The van der Waals surface area contributed by atoms with Crippen molar-refractivity contribution in [1.29, 1.82) is 0 Å². The monoisotopic (exact) mass is 196 g/mol. The zero-order valence-electron chi connectivity index (χ0n) is 9.59. The van der Waals surface area contributed by atoms with Crippen LogP contribution in [-0.2, 0) is 9.59 Å². The molecule has 0 aromatic carbocycles. The highest BCUT2D eigenvalue weighted by Gasteiger charge is 2.11. The molecule has 0 fully saturated rings. The molecule has 0 heterocycles. The molecule has 0 saturated heterocycles. The molecule has 80 valence electrons. The zero-order chi connectivity index (χ0) is 11.1. The number of hydrogen-bond donors (Lipinski definition) is 0. The summed E-state index contributed by atoms with van der Waals surface area (Å²) in [4.78, 5) is 22.7. The van der Waals surface area contributed by atoms with Gasteiger partial charge in [0, 0.05) is 19.3 Å². The molecular formula is C12H20O2. The van der Waals surface area contributed by atoms with Gasteiger partial charge in [0.2, 0.25) is 0 Å². The van der Waals surface area contributed by atoms with E-state index in [1.54, 1.807) is 0 Å². The molecule has 0 aromatic heterocycles. The summed E-state index contributed by atoms with van der Waals surface area (Å²) in [5, 5.41) is 0. The lowest BCUT2D eigenvalue weighted by atomic mass is 9.98. The number of carbonyl (C=O) groups excluding carboxylic acids is 2. The van der Waals surface area contributed by atoms with E-state index in [2.05, 4.69) is 0 Å². The number of hydrogen-bond acceptors (Lipinski definition) is 2. The Hall–Kier alpha value is -0.920. The summed E-state index contributed by atoms with van der Waals surface area (Å²) >= 11 is 0. The predicted molar refractivity (Wildman–Crippen MR) is 58.1 cm³/mol. The number of Topliss-reactive ketones (excluding diaryl/α,β-unsaturated/α-hetero) is 2. The third-order valence-electron chi connectivity index (χ3n) is 2.00. The lowest BCUT2D eigenvalue weighted by molar-refractivity contribution is -0.120. The number of allylic oxidation sites excluding steroid dienone is 2. The fourth-order valence-electron chi connectivity index (χ4n) is 1.22. The average molecular weight is 196 g/mol. The van der Waals surface area contributed by atoms with Crippen LogP contribution in [0.1, 0.15) is 47.0 Å². The van der Waals surface area contributed by atoms with Gasteiger partial charge in [0.05, 0.1) is 0 Å². The SMILES string of the molecule is CCC(=O)C/C(=C\C(C)C)C(=O)CC. The maximum Gasteiger partial charge on any atom is 0.158 e. The first kappa shape index (κ1) is 13.1. The highest BCUT2D eigenvalue weighted by molar-refractivity contribution is 6.00. The van der Waals surface area contributed by atoms with E-state index in [4.69, 9.17) is 0 Å². The minimum atomic E-state index is 0.0977. The lowest BCUT2D eigenvalue weighted by Gasteiger charge is -2.05. The third kappa shape index (κ3) is 4.95. The van der Waals surface area contributed by atoms with E-state index in [1.165, 1.54) is 0 Å². The van der Waals surface area contributed by atoms with Crippen molar-refractivity contribution in [2.45, 2.75) is 47.0 Å². The molecule has 0 aliphatic rings. The van der Waals surface area contributed by atoms with E-state index in [1.807, 2.05) is 33.8 Å². The standard InChI is InChI=1S/C12H20O2/c1-5-11(13)8-10(7-9(3)4)12(14)6-2/h7,9H,5-6,8H2,1-4H3/b10-7+. The minimum Gasteiger partial charge on any atom is -0.299 e. The lowest BCUT2D eigenvalue weighted by Crippen LogP contribution is -2.07. The van der Waals surface area contributed by atoms with Gasteiger partial charge in [-0.25, -0.2) is 0 Å². The van der Waals surface area contributed by atoms with Crippen molar-refractivity contribution >= 4 is 11.6 Å². The molecule has 0 aliphatic heterocycles. The van der Waals surface area contributed by atoms with E-state index < -0.39 is 0 Å². The Morgan fingerprint density at radius 3 is 2.07 bits per heavy atom. The first-order chi connectivity index (χ1) is 6.51. The summed E-state index contributed by atoms with van der Waals surface area (Å²) in [6.45, 7) is 7.68. The van der Waals surface area contributed by atoms with Crippen LogP contribution in [0.15, 0.2) is 11.6 Å². The molecule has 0 bridgehead atoms. The fourth-order valence-corrected chi connectivity index (χ4v) is 1.22. The van der Waals surface area contributed by atoms with Crippen molar-refractivity contribution in [2.24, 2.45) is 5.92 Å². The average Bonchev–Trinajstić information content (AvgIpc) is 2.14. The smallest absolute Gasteiger partial charge is 0.158 e. The first-order valence-corrected chi connectivity index (χ1v) is 5.26. The summed E-state index contributed by atoms with van der Waals surface area (Å²) < 4.78 is 0. The van der Waals surface area contributed by atoms with Crippen LogP contribution in [0.25, 0.3) is 0 Å². The summed E-state index contributed by atoms with van der Waals surface area (Å²) in [5.74, 6) is 0.560. The zero-order valence-corrected chi connectivity index (χ0v) is 9.59. The van der Waals surface area contributed by atoms with Gasteiger partial charge >= 0.3 is 0 Å². The highest BCUT2D eigenvalue weighted by Crippen LogP contribution is 2.11. The minimum absolute atomic E-state index is 0.0977. The van der Waals surface area contributed by atoms with Crippen molar-refractivity contribution in [3.63, 3.8) is 0 Å². The molecule has 0 atom stereocenters. The van der Waals surface area contributed by atoms with Gasteiger partial charge in [0.15, 0.2) is 5.78 Å². The molecule has 2 heteroatoms. The van der Waals surface area contributed by atoms with Crippen LogP contribution in [0.2, 0.25) is 0 Å². The molecule has 0 unspecified atom stereocenters. The summed E-state index contributed by atoms with van der Waals surface area (Å²) in [5.41, 5.74) is 0.689. The number of carbonyl (C=O) groups is 2. The molecule has 0 rings (SSSR count). The molecule has 14 heavy (non-hydrogen) atoms. The summed E-state index contributed by atoms with van der Waals surface area (Å²) in [6.07, 6.45) is 3.20. The highest BCUT2D eigenvalue weighted by atomic mass is 16.1. The second kappa shape index (κ2) is 6.52. The Kier molecular flexibility index (Phi) is 6.09. The molecule has 0 amide bonds.